The Kier molecular flexibility index (Phi) is 4.88. The molecule has 2 saturated heterocycles. The Bertz CT molecular complexity index is 828. The van der Waals surface area contributed by atoms with Crippen LogP contribution in [0.25, 0.3) is 0 Å². The highest BCUT2D eigenvalue weighted by molar-refractivity contribution is 5.94. The van der Waals surface area contributed by atoms with E-state index < -0.39 is 0 Å². The number of halogens is 1. The normalized spacial score (nSPS) is 23.9. The Morgan fingerprint density at radius 1 is 1.11 bits per heavy atom. The summed E-state index contributed by atoms with van der Waals surface area (Å²) < 4.78 is 13.4. The highest BCUT2D eigenvalue weighted by atomic mass is 19.1. The van der Waals surface area contributed by atoms with Gasteiger partial charge in [0.05, 0.1) is 6.42 Å². The van der Waals surface area contributed by atoms with E-state index in [2.05, 4.69) is 10.3 Å². The molecule has 4 rings (SSSR count). The van der Waals surface area contributed by atoms with Gasteiger partial charge < -0.3 is 10.2 Å². The summed E-state index contributed by atoms with van der Waals surface area (Å²) in [5.74, 6) is -0.367. The summed E-state index contributed by atoms with van der Waals surface area (Å²) in [4.78, 5) is 31.1. The maximum Gasteiger partial charge on any atom is 0.251 e. The number of amides is 2. The van der Waals surface area contributed by atoms with E-state index in [4.69, 9.17) is 0 Å². The van der Waals surface area contributed by atoms with Crippen LogP contribution >= 0.6 is 0 Å². The number of hydrogen-bond donors (Lipinski definition) is 1. The van der Waals surface area contributed by atoms with E-state index in [0.29, 0.717) is 11.1 Å². The lowest BCUT2D eigenvalue weighted by Gasteiger charge is -2.39. The molecule has 1 unspecified atom stereocenters. The monoisotopic (exact) mass is 367 g/mol. The smallest absolute Gasteiger partial charge is 0.251 e. The van der Waals surface area contributed by atoms with Gasteiger partial charge in [-0.25, -0.2) is 4.39 Å². The van der Waals surface area contributed by atoms with Crippen molar-refractivity contribution in [1.82, 2.24) is 15.2 Å². The van der Waals surface area contributed by atoms with Crippen molar-refractivity contribution in [3.63, 3.8) is 0 Å². The Hall–Kier alpha value is -2.76. The predicted octanol–water partition coefficient (Wildman–Crippen LogP) is 2.72. The van der Waals surface area contributed by atoms with Gasteiger partial charge in [0.2, 0.25) is 5.91 Å². The van der Waals surface area contributed by atoms with Crippen LogP contribution in [0.3, 0.4) is 0 Å². The first kappa shape index (κ1) is 17.6. The summed E-state index contributed by atoms with van der Waals surface area (Å²) in [6, 6.07) is 9.97. The molecule has 1 aromatic heterocycles. The van der Waals surface area contributed by atoms with Crippen LogP contribution < -0.4 is 5.32 Å². The van der Waals surface area contributed by atoms with Crippen LogP contribution in [0.2, 0.25) is 0 Å². The van der Waals surface area contributed by atoms with Crippen molar-refractivity contribution in [3.05, 3.63) is 65.7 Å². The minimum absolute atomic E-state index is 0.0482. The fraction of sp³-hybridized carbons (Fsp3) is 0.381. The average molecular weight is 367 g/mol. The van der Waals surface area contributed by atoms with Crippen molar-refractivity contribution in [1.29, 1.82) is 0 Å². The third-order valence-electron chi connectivity index (χ3n) is 5.54. The molecule has 27 heavy (non-hydrogen) atoms. The van der Waals surface area contributed by atoms with Crippen LogP contribution in [0, 0.1) is 5.82 Å². The Balaban J connectivity index is 1.38. The molecule has 140 valence electrons. The first-order chi connectivity index (χ1) is 13.1. The van der Waals surface area contributed by atoms with Gasteiger partial charge in [-0.3, -0.25) is 14.6 Å². The second-order valence-corrected chi connectivity index (χ2v) is 7.37. The fourth-order valence-corrected chi connectivity index (χ4v) is 4.39. The van der Waals surface area contributed by atoms with Gasteiger partial charge in [-0.1, -0.05) is 12.1 Å². The topological polar surface area (TPSA) is 62.3 Å². The van der Waals surface area contributed by atoms with E-state index in [0.717, 1.165) is 25.7 Å². The van der Waals surface area contributed by atoms with Crippen LogP contribution in [0.4, 0.5) is 4.39 Å². The van der Waals surface area contributed by atoms with Crippen molar-refractivity contribution in [2.45, 2.75) is 50.2 Å². The summed E-state index contributed by atoms with van der Waals surface area (Å²) in [5.41, 5.74) is 1.30. The number of nitrogens with zero attached hydrogens (tertiary/aromatic N) is 2. The number of piperidine rings is 1. The zero-order valence-corrected chi connectivity index (χ0v) is 15.0. The van der Waals surface area contributed by atoms with Crippen molar-refractivity contribution in [3.8, 4) is 0 Å². The van der Waals surface area contributed by atoms with E-state index in [1.807, 2.05) is 4.90 Å². The van der Waals surface area contributed by atoms with Gasteiger partial charge in [-0.2, -0.15) is 0 Å². The SMILES string of the molecule is O=C(NC1C[C@H]2CC[C@@H](C1)N2C(=O)Cc1cccc(F)c1)c1ccncc1. The molecule has 0 spiro atoms. The zero-order chi connectivity index (χ0) is 18.8. The number of nitrogens with one attached hydrogen (secondary N) is 1. The number of benzene rings is 1. The van der Waals surface area contributed by atoms with Crippen molar-refractivity contribution in [2.75, 3.05) is 0 Å². The molecule has 2 aromatic rings. The predicted molar refractivity (Wildman–Crippen MR) is 98.5 cm³/mol. The molecule has 1 aromatic carbocycles. The molecule has 2 aliphatic rings. The van der Waals surface area contributed by atoms with Crippen LogP contribution in [-0.4, -0.2) is 39.8 Å². The first-order valence-electron chi connectivity index (χ1n) is 9.36. The number of carbonyl (C=O) groups is 2. The largest absolute Gasteiger partial charge is 0.349 e. The van der Waals surface area contributed by atoms with E-state index in [1.54, 1.807) is 36.7 Å². The maximum absolute atomic E-state index is 13.4. The quantitative estimate of drug-likeness (QED) is 0.904. The van der Waals surface area contributed by atoms with Gasteiger partial charge in [-0.15, -0.1) is 0 Å². The Morgan fingerprint density at radius 3 is 2.48 bits per heavy atom. The third-order valence-corrected chi connectivity index (χ3v) is 5.54. The average Bonchev–Trinajstić information content (AvgIpc) is 2.93. The number of fused-ring (bicyclic) bond motifs is 2. The Morgan fingerprint density at radius 2 is 1.81 bits per heavy atom. The molecule has 2 amide bonds. The molecule has 5 nitrogen and oxygen atoms in total. The highest BCUT2D eigenvalue weighted by Crippen LogP contribution is 2.36. The lowest BCUT2D eigenvalue weighted by molar-refractivity contribution is -0.135. The fourth-order valence-electron chi connectivity index (χ4n) is 4.39. The molecular weight excluding hydrogens is 345 g/mol. The zero-order valence-electron chi connectivity index (χ0n) is 15.0. The van der Waals surface area contributed by atoms with Gasteiger partial charge in [-0.05, 0) is 55.5 Å². The summed E-state index contributed by atoms with van der Waals surface area (Å²) in [7, 11) is 0. The van der Waals surface area contributed by atoms with Crippen molar-refractivity contribution >= 4 is 11.8 Å². The van der Waals surface area contributed by atoms with Crippen molar-refractivity contribution in [2.24, 2.45) is 0 Å². The molecule has 0 aliphatic carbocycles. The number of rotatable bonds is 4. The molecular formula is C21H22FN3O2. The Labute approximate surface area is 157 Å². The summed E-state index contributed by atoms with van der Waals surface area (Å²) in [6.07, 6.45) is 6.88. The number of hydrogen-bond acceptors (Lipinski definition) is 3. The molecule has 1 N–H and O–H groups in total. The third kappa shape index (κ3) is 3.84. The maximum atomic E-state index is 13.4. The summed E-state index contributed by atoms with van der Waals surface area (Å²) in [5, 5.41) is 3.10. The van der Waals surface area contributed by atoms with Crippen LogP contribution in [0.15, 0.2) is 48.8 Å². The highest BCUT2D eigenvalue weighted by Gasteiger charge is 2.43. The van der Waals surface area contributed by atoms with Crippen LogP contribution in [0.5, 0.6) is 0 Å². The number of carbonyl (C=O) groups excluding carboxylic acids is 2. The standard InChI is InChI=1S/C21H22FN3O2/c22-16-3-1-2-14(10-16)11-20(26)25-18-4-5-19(25)13-17(12-18)24-21(27)15-6-8-23-9-7-15/h1-3,6-10,17-19H,4-5,11-13H2,(H,24,27)/t17?,18-,19+. The molecule has 0 saturated carbocycles. The van der Waals surface area contributed by atoms with Crippen LogP contribution in [-0.2, 0) is 11.2 Å². The van der Waals surface area contributed by atoms with Gasteiger partial charge in [0.1, 0.15) is 5.82 Å². The second-order valence-electron chi connectivity index (χ2n) is 7.37. The lowest BCUT2D eigenvalue weighted by atomic mass is 9.96. The molecule has 0 radical (unpaired) electrons. The van der Waals surface area contributed by atoms with E-state index in [9.17, 15) is 14.0 Å². The molecule has 2 aliphatic heterocycles. The molecule has 3 heterocycles. The number of pyridine rings is 1. The minimum atomic E-state index is -0.319. The summed E-state index contributed by atoms with van der Waals surface area (Å²) >= 11 is 0. The van der Waals surface area contributed by atoms with Gasteiger partial charge >= 0.3 is 0 Å². The molecule has 3 atom stereocenters. The number of aromatic nitrogens is 1. The minimum Gasteiger partial charge on any atom is -0.349 e. The second kappa shape index (κ2) is 7.47. The van der Waals surface area contributed by atoms with E-state index in [1.165, 1.54) is 12.1 Å². The van der Waals surface area contributed by atoms with Crippen LogP contribution in [0.1, 0.15) is 41.6 Å². The van der Waals surface area contributed by atoms with Crippen molar-refractivity contribution < 1.29 is 14.0 Å². The molecule has 6 heteroatoms. The van der Waals surface area contributed by atoms with Gasteiger partial charge in [0, 0.05) is 36.1 Å². The van der Waals surface area contributed by atoms with Gasteiger partial charge in [0.15, 0.2) is 0 Å². The van der Waals surface area contributed by atoms with E-state index >= 15 is 0 Å². The van der Waals surface area contributed by atoms with Gasteiger partial charge in [0.25, 0.3) is 5.91 Å². The first-order valence-corrected chi connectivity index (χ1v) is 9.36. The molecule has 2 bridgehead atoms. The summed E-state index contributed by atoms with van der Waals surface area (Å²) in [6.45, 7) is 0. The molecule has 2 fully saturated rings. The lowest BCUT2D eigenvalue weighted by Crippen LogP contribution is -2.52. The van der Waals surface area contributed by atoms with E-state index in [-0.39, 0.29) is 42.2 Å².